The summed E-state index contributed by atoms with van der Waals surface area (Å²) >= 11 is 0. The number of amides is 1. The van der Waals surface area contributed by atoms with E-state index in [-0.39, 0.29) is 29.8 Å². The van der Waals surface area contributed by atoms with Gasteiger partial charge in [0.25, 0.3) is 5.91 Å². The molecule has 1 aliphatic rings. The Bertz CT molecular complexity index is 760. The van der Waals surface area contributed by atoms with Crippen LogP contribution in [-0.2, 0) is 4.79 Å². The third-order valence-corrected chi connectivity index (χ3v) is 4.34. The van der Waals surface area contributed by atoms with Crippen molar-refractivity contribution in [3.63, 3.8) is 0 Å². The molecule has 7 nitrogen and oxygen atoms in total. The lowest BCUT2D eigenvalue weighted by molar-refractivity contribution is -0.137. The van der Waals surface area contributed by atoms with Gasteiger partial charge in [0, 0.05) is 19.5 Å². The molecule has 1 atom stereocenters. The molecule has 1 N–H and O–H groups in total. The number of benzene rings is 1. The fourth-order valence-electron chi connectivity index (χ4n) is 3.03. The van der Waals surface area contributed by atoms with Crippen LogP contribution in [-0.4, -0.2) is 50.0 Å². The van der Waals surface area contributed by atoms with Crippen LogP contribution in [0.1, 0.15) is 36.2 Å². The molecular formula is C17H19FN4O3. The Labute approximate surface area is 144 Å². The van der Waals surface area contributed by atoms with Crippen molar-refractivity contribution < 1.29 is 19.1 Å². The second kappa shape index (κ2) is 7.42. The molecule has 1 aliphatic heterocycles. The second-order valence-corrected chi connectivity index (χ2v) is 6.19. The molecule has 0 spiro atoms. The number of nitrogens with zero attached hydrogens (tertiary/aromatic N) is 4. The quantitative estimate of drug-likeness (QED) is 0.896. The van der Waals surface area contributed by atoms with Crippen molar-refractivity contribution in [1.82, 2.24) is 19.9 Å². The Morgan fingerprint density at radius 1 is 1.28 bits per heavy atom. The van der Waals surface area contributed by atoms with Gasteiger partial charge in [0.05, 0.1) is 11.9 Å². The van der Waals surface area contributed by atoms with E-state index in [0.717, 1.165) is 12.8 Å². The summed E-state index contributed by atoms with van der Waals surface area (Å²) in [6, 6.07) is 5.68. The van der Waals surface area contributed by atoms with Gasteiger partial charge in [0.1, 0.15) is 5.82 Å². The minimum Gasteiger partial charge on any atom is -0.481 e. The summed E-state index contributed by atoms with van der Waals surface area (Å²) in [6.45, 7) is 1.17. The molecule has 0 bridgehead atoms. The van der Waals surface area contributed by atoms with Crippen molar-refractivity contribution in [2.75, 3.05) is 13.1 Å². The monoisotopic (exact) mass is 346 g/mol. The first-order valence-electron chi connectivity index (χ1n) is 8.22. The highest BCUT2D eigenvalue weighted by atomic mass is 19.1. The predicted molar refractivity (Wildman–Crippen MR) is 86.8 cm³/mol. The number of likely N-dealkylation sites (tertiary alicyclic amines) is 1. The number of carbonyl (C=O) groups is 2. The van der Waals surface area contributed by atoms with E-state index in [0.29, 0.717) is 25.2 Å². The SMILES string of the molecule is O=C(O)CCC1CCCN(C(=O)c2cnn(-c3ccc(F)cc3)n2)C1. The van der Waals surface area contributed by atoms with E-state index in [2.05, 4.69) is 10.2 Å². The van der Waals surface area contributed by atoms with Gasteiger partial charge in [-0.2, -0.15) is 9.90 Å². The van der Waals surface area contributed by atoms with E-state index in [1.807, 2.05) is 0 Å². The van der Waals surface area contributed by atoms with Gasteiger partial charge in [-0.1, -0.05) is 0 Å². The van der Waals surface area contributed by atoms with Crippen LogP contribution in [0, 0.1) is 11.7 Å². The molecule has 1 saturated heterocycles. The summed E-state index contributed by atoms with van der Waals surface area (Å²) in [5, 5.41) is 17.1. The van der Waals surface area contributed by atoms with Gasteiger partial charge < -0.3 is 10.0 Å². The topological polar surface area (TPSA) is 88.3 Å². The lowest BCUT2D eigenvalue weighted by atomic mass is 9.93. The van der Waals surface area contributed by atoms with Crippen LogP contribution in [0.5, 0.6) is 0 Å². The van der Waals surface area contributed by atoms with Crippen LogP contribution >= 0.6 is 0 Å². The molecule has 1 unspecified atom stereocenters. The van der Waals surface area contributed by atoms with Gasteiger partial charge in [0.2, 0.25) is 0 Å². The number of carboxylic acids is 1. The van der Waals surface area contributed by atoms with Gasteiger partial charge in [-0.3, -0.25) is 9.59 Å². The van der Waals surface area contributed by atoms with Crippen LogP contribution in [0.2, 0.25) is 0 Å². The summed E-state index contributed by atoms with van der Waals surface area (Å²) in [5.74, 6) is -1.19. The Morgan fingerprint density at radius 3 is 2.76 bits per heavy atom. The number of carbonyl (C=O) groups excluding carboxylic acids is 1. The summed E-state index contributed by atoms with van der Waals surface area (Å²) in [5.41, 5.74) is 0.793. The highest BCUT2D eigenvalue weighted by molar-refractivity contribution is 5.92. The first-order chi connectivity index (χ1) is 12.0. The van der Waals surface area contributed by atoms with Crippen LogP contribution in [0.15, 0.2) is 30.5 Å². The molecule has 0 radical (unpaired) electrons. The second-order valence-electron chi connectivity index (χ2n) is 6.19. The third kappa shape index (κ3) is 4.20. The number of hydrogen-bond acceptors (Lipinski definition) is 4. The van der Waals surface area contributed by atoms with Crippen molar-refractivity contribution in [2.24, 2.45) is 5.92 Å². The number of rotatable bonds is 5. The van der Waals surface area contributed by atoms with Crippen LogP contribution in [0.3, 0.4) is 0 Å². The molecule has 1 amide bonds. The zero-order chi connectivity index (χ0) is 17.8. The lowest BCUT2D eigenvalue weighted by Crippen LogP contribution is -2.40. The first kappa shape index (κ1) is 17.1. The third-order valence-electron chi connectivity index (χ3n) is 4.34. The molecular weight excluding hydrogens is 327 g/mol. The summed E-state index contributed by atoms with van der Waals surface area (Å²) in [4.78, 5) is 26.3. The van der Waals surface area contributed by atoms with E-state index >= 15 is 0 Å². The van der Waals surface area contributed by atoms with Crippen molar-refractivity contribution >= 4 is 11.9 Å². The Morgan fingerprint density at radius 2 is 2.04 bits per heavy atom. The lowest BCUT2D eigenvalue weighted by Gasteiger charge is -2.32. The molecule has 3 rings (SSSR count). The van der Waals surface area contributed by atoms with Crippen molar-refractivity contribution in [1.29, 1.82) is 0 Å². The van der Waals surface area contributed by atoms with Gasteiger partial charge in [-0.05, 0) is 49.4 Å². The number of halogens is 1. The normalized spacial score (nSPS) is 17.5. The Balaban J connectivity index is 1.66. The molecule has 25 heavy (non-hydrogen) atoms. The maximum absolute atomic E-state index is 13.0. The Kier molecular flexibility index (Phi) is 5.06. The van der Waals surface area contributed by atoms with E-state index in [9.17, 15) is 14.0 Å². The van der Waals surface area contributed by atoms with Crippen LogP contribution in [0.25, 0.3) is 5.69 Å². The number of aromatic nitrogens is 3. The summed E-state index contributed by atoms with van der Waals surface area (Å²) in [7, 11) is 0. The van der Waals surface area contributed by atoms with Crippen molar-refractivity contribution in [3.05, 3.63) is 42.0 Å². The molecule has 2 heterocycles. The predicted octanol–water partition coefficient (Wildman–Crippen LogP) is 2.12. The van der Waals surface area contributed by atoms with E-state index < -0.39 is 5.97 Å². The molecule has 1 aromatic heterocycles. The van der Waals surface area contributed by atoms with Crippen LogP contribution < -0.4 is 0 Å². The Hall–Kier alpha value is -2.77. The van der Waals surface area contributed by atoms with Crippen molar-refractivity contribution in [2.45, 2.75) is 25.7 Å². The largest absolute Gasteiger partial charge is 0.481 e. The standard InChI is InChI=1S/C17H19FN4O3/c18-13-4-6-14(7-5-13)22-19-10-15(20-22)17(25)21-9-1-2-12(11-21)3-8-16(23)24/h4-7,10,12H,1-3,8-9,11H2,(H,23,24). The zero-order valence-electron chi connectivity index (χ0n) is 13.6. The molecule has 1 fully saturated rings. The molecule has 0 aliphatic carbocycles. The molecule has 8 heteroatoms. The van der Waals surface area contributed by atoms with E-state index in [4.69, 9.17) is 5.11 Å². The molecule has 132 valence electrons. The fraction of sp³-hybridized carbons (Fsp3) is 0.412. The molecule has 1 aromatic carbocycles. The fourth-order valence-corrected chi connectivity index (χ4v) is 3.03. The molecule has 0 saturated carbocycles. The maximum atomic E-state index is 13.0. The van der Waals surface area contributed by atoms with Gasteiger partial charge in [-0.15, -0.1) is 5.10 Å². The summed E-state index contributed by atoms with van der Waals surface area (Å²) in [6.07, 6.45) is 3.86. The van der Waals surface area contributed by atoms with Crippen LogP contribution in [0.4, 0.5) is 4.39 Å². The zero-order valence-corrected chi connectivity index (χ0v) is 13.6. The molecule has 2 aromatic rings. The summed E-state index contributed by atoms with van der Waals surface area (Å²) < 4.78 is 13.0. The minimum atomic E-state index is -0.814. The van der Waals surface area contributed by atoms with Gasteiger partial charge in [0.15, 0.2) is 5.69 Å². The average molecular weight is 346 g/mol. The van der Waals surface area contributed by atoms with E-state index in [1.165, 1.54) is 35.3 Å². The number of hydrogen-bond donors (Lipinski definition) is 1. The average Bonchev–Trinajstić information content (AvgIpc) is 3.10. The highest BCUT2D eigenvalue weighted by Gasteiger charge is 2.26. The van der Waals surface area contributed by atoms with E-state index in [1.54, 1.807) is 4.90 Å². The minimum absolute atomic E-state index is 0.118. The smallest absolute Gasteiger partial charge is 0.303 e. The van der Waals surface area contributed by atoms with Gasteiger partial charge in [-0.25, -0.2) is 4.39 Å². The van der Waals surface area contributed by atoms with Crippen molar-refractivity contribution in [3.8, 4) is 5.69 Å². The number of carboxylic acid groups (broad SMARTS) is 1. The maximum Gasteiger partial charge on any atom is 0.303 e. The number of aliphatic carboxylic acids is 1. The highest BCUT2D eigenvalue weighted by Crippen LogP contribution is 2.22. The first-order valence-corrected chi connectivity index (χ1v) is 8.22. The number of piperidine rings is 1. The van der Waals surface area contributed by atoms with Gasteiger partial charge >= 0.3 is 5.97 Å².